The molecule has 0 atom stereocenters. The fourth-order valence-electron chi connectivity index (χ4n) is 0.956. The van der Waals surface area contributed by atoms with Crippen molar-refractivity contribution in [3.8, 4) is 0 Å². The number of nitrogens with zero attached hydrogens (tertiary/aromatic N) is 2. The van der Waals surface area contributed by atoms with Gasteiger partial charge in [-0.15, -0.1) is 0 Å². The number of fused-ring (bicyclic) bond motifs is 1. The SMILES string of the molecule is Nc1ccc2c(c1)=NC(=S)N=2. The normalized spacial score (nSPS) is 13.6. The van der Waals surface area contributed by atoms with E-state index in [2.05, 4.69) is 9.98 Å². The van der Waals surface area contributed by atoms with Gasteiger partial charge in [-0.25, -0.2) is 9.98 Å². The molecule has 1 aromatic carbocycles. The molecular weight excluding hydrogens is 158 g/mol. The van der Waals surface area contributed by atoms with E-state index in [-0.39, 0.29) is 0 Å². The first kappa shape index (κ1) is 6.42. The van der Waals surface area contributed by atoms with E-state index in [1.807, 2.05) is 6.07 Å². The lowest BCUT2D eigenvalue weighted by Gasteiger charge is -1.86. The highest BCUT2D eigenvalue weighted by molar-refractivity contribution is 7.80. The van der Waals surface area contributed by atoms with E-state index in [0.717, 1.165) is 10.7 Å². The molecule has 2 rings (SSSR count). The van der Waals surface area contributed by atoms with E-state index in [4.69, 9.17) is 18.0 Å². The summed E-state index contributed by atoms with van der Waals surface area (Å²) in [6, 6.07) is 5.36. The second-order valence-corrected chi connectivity index (χ2v) is 2.62. The largest absolute Gasteiger partial charge is 0.399 e. The number of rotatable bonds is 0. The first-order valence-corrected chi connectivity index (χ1v) is 3.53. The summed E-state index contributed by atoms with van der Waals surface area (Å²) in [5, 5.41) is 1.96. The second-order valence-electron chi connectivity index (χ2n) is 2.25. The molecule has 0 amide bonds. The Balaban J connectivity index is 2.89. The highest BCUT2D eigenvalue weighted by atomic mass is 32.1. The molecule has 1 aliphatic rings. The predicted molar refractivity (Wildman–Crippen MR) is 45.8 cm³/mol. The number of thiocarbonyl (C=S) groups is 1. The Morgan fingerprint density at radius 1 is 1.18 bits per heavy atom. The van der Waals surface area contributed by atoms with Gasteiger partial charge in [0.2, 0.25) is 5.11 Å². The molecule has 0 saturated carbocycles. The Bertz CT molecular complexity index is 435. The summed E-state index contributed by atoms with van der Waals surface area (Å²) < 4.78 is 0. The maximum absolute atomic E-state index is 5.53. The van der Waals surface area contributed by atoms with Crippen LogP contribution in [-0.4, -0.2) is 5.11 Å². The van der Waals surface area contributed by atoms with Crippen molar-refractivity contribution in [1.29, 1.82) is 0 Å². The number of hydrogen-bond acceptors (Lipinski definition) is 2. The van der Waals surface area contributed by atoms with Crippen LogP contribution in [0, 0.1) is 0 Å². The molecule has 0 unspecified atom stereocenters. The van der Waals surface area contributed by atoms with Gasteiger partial charge in [-0.3, -0.25) is 0 Å². The van der Waals surface area contributed by atoms with Crippen LogP contribution in [0.5, 0.6) is 0 Å². The molecule has 0 radical (unpaired) electrons. The second kappa shape index (κ2) is 2.10. The molecule has 1 aliphatic heterocycles. The zero-order valence-corrected chi connectivity index (χ0v) is 6.43. The lowest BCUT2D eigenvalue weighted by Crippen LogP contribution is -2.21. The summed E-state index contributed by atoms with van der Waals surface area (Å²) in [6.45, 7) is 0. The van der Waals surface area contributed by atoms with Gasteiger partial charge in [-0.1, -0.05) is 0 Å². The Morgan fingerprint density at radius 3 is 2.73 bits per heavy atom. The van der Waals surface area contributed by atoms with E-state index in [0.29, 0.717) is 10.8 Å². The molecule has 1 aromatic rings. The molecular formula is C7H5N3S. The first-order chi connectivity index (χ1) is 5.25. The average molecular weight is 163 g/mol. The van der Waals surface area contributed by atoms with Gasteiger partial charge in [-0.05, 0) is 30.4 Å². The lowest BCUT2D eigenvalue weighted by atomic mass is 10.3. The minimum Gasteiger partial charge on any atom is -0.399 e. The molecule has 0 saturated heterocycles. The van der Waals surface area contributed by atoms with Crippen LogP contribution < -0.4 is 16.4 Å². The third-order valence-corrected chi connectivity index (χ3v) is 1.61. The first-order valence-electron chi connectivity index (χ1n) is 3.13. The Morgan fingerprint density at radius 2 is 1.91 bits per heavy atom. The van der Waals surface area contributed by atoms with Crippen molar-refractivity contribution in [2.24, 2.45) is 9.98 Å². The summed E-state index contributed by atoms with van der Waals surface area (Å²) in [5.41, 5.74) is 6.22. The zero-order chi connectivity index (χ0) is 7.84. The van der Waals surface area contributed by atoms with Crippen LogP contribution in [-0.2, 0) is 0 Å². The molecule has 0 fully saturated rings. The molecule has 3 nitrogen and oxygen atoms in total. The zero-order valence-electron chi connectivity index (χ0n) is 5.61. The van der Waals surface area contributed by atoms with Crippen LogP contribution in [0.2, 0.25) is 0 Å². The summed E-state index contributed by atoms with van der Waals surface area (Å²) in [5.74, 6) is 0. The number of hydrogen-bond donors (Lipinski definition) is 1. The summed E-state index contributed by atoms with van der Waals surface area (Å²) in [6.07, 6.45) is 0. The fourth-order valence-corrected chi connectivity index (χ4v) is 1.15. The maximum atomic E-state index is 5.53. The minimum absolute atomic E-state index is 0.380. The smallest absolute Gasteiger partial charge is 0.220 e. The van der Waals surface area contributed by atoms with Crippen molar-refractivity contribution < 1.29 is 0 Å². The highest BCUT2D eigenvalue weighted by Crippen LogP contribution is 1.93. The Hall–Kier alpha value is -1.29. The van der Waals surface area contributed by atoms with Crippen LogP contribution in [0.25, 0.3) is 0 Å². The van der Waals surface area contributed by atoms with Crippen molar-refractivity contribution in [1.82, 2.24) is 0 Å². The fraction of sp³-hybridized carbons (Fsp3) is 0. The number of nitrogen functional groups attached to an aromatic ring is 1. The number of anilines is 1. The van der Waals surface area contributed by atoms with Gasteiger partial charge >= 0.3 is 0 Å². The number of benzene rings is 1. The molecule has 0 bridgehead atoms. The average Bonchev–Trinajstić information content (AvgIpc) is 2.27. The third kappa shape index (κ3) is 1.01. The molecule has 0 spiro atoms. The molecule has 0 aliphatic carbocycles. The predicted octanol–water partition coefficient (Wildman–Crippen LogP) is -0.194. The van der Waals surface area contributed by atoms with Crippen molar-refractivity contribution in [2.45, 2.75) is 0 Å². The Kier molecular flexibility index (Phi) is 1.22. The molecule has 54 valence electrons. The molecule has 0 aromatic heterocycles. The lowest BCUT2D eigenvalue weighted by molar-refractivity contribution is 1.37. The Labute approximate surface area is 68.3 Å². The van der Waals surface area contributed by atoms with Gasteiger partial charge in [0, 0.05) is 5.69 Å². The van der Waals surface area contributed by atoms with Gasteiger partial charge in [0.25, 0.3) is 0 Å². The van der Waals surface area contributed by atoms with Crippen LogP contribution in [0.3, 0.4) is 0 Å². The molecule has 11 heavy (non-hydrogen) atoms. The van der Waals surface area contributed by atoms with Gasteiger partial charge < -0.3 is 5.73 Å². The van der Waals surface area contributed by atoms with Crippen molar-refractivity contribution in [3.63, 3.8) is 0 Å². The summed E-state index contributed by atoms with van der Waals surface area (Å²) in [4.78, 5) is 8.00. The van der Waals surface area contributed by atoms with E-state index >= 15 is 0 Å². The van der Waals surface area contributed by atoms with E-state index in [9.17, 15) is 0 Å². The van der Waals surface area contributed by atoms with Gasteiger partial charge in [0.15, 0.2) is 0 Å². The van der Waals surface area contributed by atoms with E-state index in [1.165, 1.54) is 0 Å². The van der Waals surface area contributed by atoms with Crippen LogP contribution in [0.1, 0.15) is 0 Å². The van der Waals surface area contributed by atoms with Gasteiger partial charge in [0.1, 0.15) is 0 Å². The molecule has 1 heterocycles. The van der Waals surface area contributed by atoms with E-state index in [1.54, 1.807) is 12.1 Å². The third-order valence-electron chi connectivity index (χ3n) is 1.43. The van der Waals surface area contributed by atoms with Gasteiger partial charge in [0.05, 0.1) is 10.7 Å². The topological polar surface area (TPSA) is 50.7 Å². The van der Waals surface area contributed by atoms with Crippen molar-refractivity contribution in [3.05, 3.63) is 28.9 Å². The van der Waals surface area contributed by atoms with Gasteiger partial charge in [-0.2, -0.15) is 0 Å². The van der Waals surface area contributed by atoms with Crippen molar-refractivity contribution in [2.75, 3.05) is 5.73 Å². The standard InChI is InChI=1S/C7H5N3S/c8-4-1-2-5-6(3-4)10-7(11)9-5/h1-3H,8H2. The molecule has 2 N–H and O–H groups in total. The summed E-state index contributed by atoms with van der Waals surface area (Å²) >= 11 is 4.79. The quantitative estimate of drug-likeness (QED) is 0.425. The maximum Gasteiger partial charge on any atom is 0.220 e. The highest BCUT2D eigenvalue weighted by Gasteiger charge is 1.99. The van der Waals surface area contributed by atoms with Crippen LogP contribution >= 0.6 is 12.2 Å². The van der Waals surface area contributed by atoms with Crippen LogP contribution in [0.4, 0.5) is 5.69 Å². The van der Waals surface area contributed by atoms with Crippen LogP contribution in [0.15, 0.2) is 28.2 Å². The minimum atomic E-state index is 0.380. The monoisotopic (exact) mass is 163 g/mol. The molecule has 4 heteroatoms. The summed E-state index contributed by atoms with van der Waals surface area (Å²) in [7, 11) is 0. The number of nitrogens with two attached hydrogens (primary N) is 1. The van der Waals surface area contributed by atoms with Crippen molar-refractivity contribution >= 4 is 23.0 Å². The van der Waals surface area contributed by atoms with E-state index < -0.39 is 0 Å².